The van der Waals surface area contributed by atoms with Gasteiger partial charge in [0.25, 0.3) is 0 Å². The number of hydrogen-bond donors (Lipinski definition) is 2. The van der Waals surface area contributed by atoms with Gasteiger partial charge in [0.1, 0.15) is 5.82 Å². The molecule has 0 bridgehead atoms. The van der Waals surface area contributed by atoms with Crippen molar-refractivity contribution in [2.45, 2.75) is 44.7 Å². The largest absolute Gasteiger partial charge is 0.367 e. The molecule has 1 aliphatic rings. The lowest BCUT2D eigenvalue weighted by Crippen LogP contribution is -2.23. The minimum atomic E-state index is 0.558. The zero-order valence-electron chi connectivity index (χ0n) is 11.2. The van der Waals surface area contributed by atoms with E-state index in [9.17, 15) is 0 Å². The highest BCUT2D eigenvalue weighted by Gasteiger charge is 2.14. The van der Waals surface area contributed by atoms with Crippen LogP contribution < -0.4 is 11.1 Å². The molecule has 1 fully saturated rings. The van der Waals surface area contributed by atoms with Crippen LogP contribution in [0.25, 0.3) is 10.9 Å². The van der Waals surface area contributed by atoms with Gasteiger partial charge in [-0.15, -0.1) is 0 Å². The SMILES string of the molecule is NCc1cc(NC2CCCCC2)nc2ccccc12. The summed E-state index contributed by atoms with van der Waals surface area (Å²) in [5.74, 6) is 0.978. The van der Waals surface area contributed by atoms with Crippen LogP contribution in [0.1, 0.15) is 37.7 Å². The van der Waals surface area contributed by atoms with Crippen molar-refractivity contribution < 1.29 is 0 Å². The van der Waals surface area contributed by atoms with Crippen molar-refractivity contribution in [3.8, 4) is 0 Å². The number of para-hydroxylation sites is 1. The highest BCUT2D eigenvalue weighted by atomic mass is 15.0. The van der Waals surface area contributed by atoms with Crippen LogP contribution in [0.5, 0.6) is 0 Å². The number of aromatic nitrogens is 1. The van der Waals surface area contributed by atoms with E-state index in [1.54, 1.807) is 0 Å². The Labute approximate surface area is 114 Å². The molecule has 0 saturated heterocycles. The molecule has 0 spiro atoms. The number of fused-ring (bicyclic) bond motifs is 1. The van der Waals surface area contributed by atoms with E-state index in [4.69, 9.17) is 10.7 Å². The first kappa shape index (κ1) is 12.4. The van der Waals surface area contributed by atoms with E-state index in [1.165, 1.54) is 43.1 Å². The predicted octanol–water partition coefficient (Wildman–Crippen LogP) is 3.44. The van der Waals surface area contributed by atoms with Gasteiger partial charge in [0, 0.05) is 18.0 Å². The molecule has 3 heteroatoms. The average Bonchev–Trinajstić information content (AvgIpc) is 2.47. The predicted molar refractivity (Wildman–Crippen MR) is 80.1 cm³/mol. The Hall–Kier alpha value is -1.61. The number of nitrogens with zero attached hydrogens (tertiary/aromatic N) is 1. The van der Waals surface area contributed by atoms with Gasteiger partial charge in [-0.2, -0.15) is 0 Å². The number of nitrogens with one attached hydrogen (secondary N) is 1. The van der Waals surface area contributed by atoms with Crippen molar-refractivity contribution in [1.82, 2.24) is 4.98 Å². The molecule has 3 N–H and O–H groups in total. The lowest BCUT2D eigenvalue weighted by atomic mass is 9.95. The molecule has 3 nitrogen and oxygen atoms in total. The fraction of sp³-hybridized carbons (Fsp3) is 0.438. The minimum Gasteiger partial charge on any atom is -0.367 e. The lowest BCUT2D eigenvalue weighted by Gasteiger charge is -2.23. The van der Waals surface area contributed by atoms with Gasteiger partial charge >= 0.3 is 0 Å². The summed E-state index contributed by atoms with van der Waals surface area (Å²) in [4.78, 5) is 4.71. The molecule has 1 saturated carbocycles. The Morgan fingerprint density at radius 1 is 1.16 bits per heavy atom. The van der Waals surface area contributed by atoms with Crippen molar-refractivity contribution in [3.05, 3.63) is 35.9 Å². The van der Waals surface area contributed by atoms with E-state index >= 15 is 0 Å². The van der Waals surface area contributed by atoms with Crippen molar-refractivity contribution in [2.75, 3.05) is 5.32 Å². The van der Waals surface area contributed by atoms with Crippen molar-refractivity contribution in [3.63, 3.8) is 0 Å². The topological polar surface area (TPSA) is 50.9 Å². The smallest absolute Gasteiger partial charge is 0.127 e. The van der Waals surface area contributed by atoms with E-state index in [2.05, 4.69) is 23.5 Å². The van der Waals surface area contributed by atoms with E-state index in [0.29, 0.717) is 12.6 Å². The number of pyridine rings is 1. The van der Waals surface area contributed by atoms with Gasteiger partial charge in [0.2, 0.25) is 0 Å². The van der Waals surface area contributed by atoms with Crippen molar-refractivity contribution in [2.24, 2.45) is 5.73 Å². The van der Waals surface area contributed by atoms with E-state index in [0.717, 1.165) is 11.3 Å². The van der Waals surface area contributed by atoms with Gasteiger partial charge < -0.3 is 11.1 Å². The normalized spacial score (nSPS) is 16.7. The Balaban J connectivity index is 1.90. The van der Waals surface area contributed by atoms with Crippen LogP contribution in [0.15, 0.2) is 30.3 Å². The van der Waals surface area contributed by atoms with Crippen LogP contribution in [0, 0.1) is 0 Å². The summed E-state index contributed by atoms with van der Waals surface area (Å²) in [6, 6.07) is 10.9. The molecule has 1 heterocycles. The fourth-order valence-electron chi connectivity index (χ4n) is 2.95. The van der Waals surface area contributed by atoms with Gasteiger partial charge in [-0.05, 0) is 30.5 Å². The van der Waals surface area contributed by atoms with E-state index < -0.39 is 0 Å². The van der Waals surface area contributed by atoms with Crippen LogP contribution in [0.4, 0.5) is 5.82 Å². The number of benzene rings is 1. The second kappa shape index (κ2) is 5.57. The number of rotatable bonds is 3. The molecule has 0 atom stereocenters. The minimum absolute atomic E-state index is 0.558. The Morgan fingerprint density at radius 2 is 1.95 bits per heavy atom. The highest BCUT2D eigenvalue weighted by Crippen LogP contribution is 2.24. The molecule has 1 aromatic carbocycles. The van der Waals surface area contributed by atoms with Crippen LogP contribution in [-0.4, -0.2) is 11.0 Å². The van der Waals surface area contributed by atoms with Gasteiger partial charge in [0.15, 0.2) is 0 Å². The first-order valence-corrected chi connectivity index (χ1v) is 7.22. The number of nitrogens with two attached hydrogens (primary N) is 1. The summed E-state index contributed by atoms with van der Waals surface area (Å²) in [7, 11) is 0. The van der Waals surface area contributed by atoms with E-state index in [-0.39, 0.29) is 0 Å². The Morgan fingerprint density at radius 3 is 2.74 bits per heavy atom. The summed E-state index contributed by atoms with van der Waals surface area (Å²) in [6.45, 7) is 0.558. The Bertz CT molecular complexity index is 559. The first-order chi connectivity index (χ1) is 9.36. The standard InChI is InChI=1S/C16H21N3/c17-11-12-10-16(18-13-6-2-1-3-7-13)19-15-9-5-4-8-14(12)15/h4-5,8-10,13H,1-3,6-7,11,17H2,(H,18,19). The van der Waals surface area contributed by atoms with Crippen LogP contribution in [0.2, 0.25) is 0 Å². The molecule has 0 radical (unpaired) electrons. The van der Waals surface area contributed by atoms with Gasteiger partial charge in [-0.1, -0.05) is 37.5 Å². The zero-order chi connectivity index (χ0) is 13.1. The highest BCUT2D eigenvalue weighted by molar-refractivity contribution is 5.84. The quantitative estimate of drug-likeness (QED) is 0.883. The van der Waals surface area contributed by atoms with E-state index in [1.807, 2.05) is 12.1 Å². The average molecular weight is 255 g/mol. The maximum Gasteiger partial charge on any atom is 0.127 e. The second-order valence-corrected chi connectivity index (χ2v) is 5.37. The number of hydrogen-bond acceptors (Lipinski definition) is 3. The zero-order valence-corrected chi connectivity index (χ0v) is 11.2. The summed E-state index contributed by atoms with van der Waals surface area (Å²) in [5.41, 5.74) is 8.06. The molecular weight excluding hydrogens is 234 g/mol. The fourth-order valence-corrected chi connectivity index (χ4v) is 2.95. The summed E-state index contributed by atoms with van der Waals surface area (Å²) in [5, 5.41) is 4.75. The third-order valence-corrected chi connectivity index (χ3v) is 3.98. The molecule has 0 unspecified atom stereocenters. The number of anilines is 1. The van der Waals surface area contributed by atoms with Gasteiger partial charge in [-0.3, -0.25) is 0 Å². The molecule has 19 heavy (non-hydrogen) atoms. The molecule has 2 aromatic rings. The third-order valence-electron chi connectivity index (χ3n) is 3.98. The summed E-state index contributed by atoms with van der Waals surface area (Å²) >= 11 is 0. The van der Waals surface area contributed by atoms with Gasteiger partial charge in [-0.25, -0.2) is 4.98 Å². The molecule has 3 rings (SSSR count). The first-order valence-electron chi connectivity index (χ1n) is 7.22. The maximum absolute atomic E-state index is 5.86. The Kier molecular flexibility index (Phi) is 3.65. The molecule has 0 aliphatic heterocycles. The molecule has 1 aliphatic carbocycles. The van der Waals surface area contributed by atoms with Crippen molar-refractivity contribution in [1.29, 1.82) is 0 Å². The van der Waals surface area contributed by atoms with Crippen LogP contribution >= 0.6 is 0 Å². The molecule has 0 amide bonds. The molecular formula is C16H21N3. The second-order valence-electron chi connectivity index (χ2n) is 5.37. The summed E-state index contributed by atoms with van der Waals surface area (Å²) < 4.78 is 0. The summed E-state index contributed by atoms with van der Waals surface area (Å²) in [6.07, 6.45) is 6.54. The molecule has 1 aromatic heterocycles. The van der Waals surface area contributed by atoms with Crippen LogP contribution in [0.3, 0.4) is 0 Å². The molecule has 100 valence electrons. The van der Waals surface area contributed by atoms with Crippen molar-refractivity contribution >= 4 is 16.7 Å². The van der Waals surface area contributed by atoms with Gasteiger partial charge in [0.05, 0.1) is 5.52 Å². The maximum atomic E-state index is 5.86. The van der Waals surface area contributed by atoms with Crippen LogP contribution in [-0.2, 0) is 6.54 Å². The third kappa shape index (κ3) is 2.71. The monoisotopic (exact) mass is 255 g/mol. The lowest BCUT2D eigenvalue weighted by molar-refractivity contribution is 0.462.